The summed E-state index contributed by atoms with van der Waals surface area (Å²) in [4.78, 5) is 11.5. The first-order chi connectivity index (χ1) is 13.0. The fraction of sp³-hybridized carbons (Fsp3) is 0.286. The number of rotatable bonds is 7. The van der Waals surface area contributed by atoms with Crippen molar-refractivity contribution in [1.29, 1.82) is 0 Å². The van der Waals surface area contributed by atoms with Crippen LogP contribution in [0.5, 0.6) is 23.0 Å². The number of fused-ring (bicyclic) bond motifs is 2. The lowest BCUT2D eigenvalue weighted by Crippen LogP contribution is -2.02. The molecular formula is C21H22O6. The molecule has 0 heterocycles. The van der Waals surface area contributed by atoms with E-state index in [-0.39, 0.29) is 33.6 Å². The average Bonchev–Trinajstić information content (AvgIpc) is 2.67. The summed E-state index contributed by atoms with van der Waals surface area (Å²) in [5.41, 5.74) is -0.0268. The number of aromatic hydroxyl groups is 2. The molecule has 3 rings (SSSR count). The first kappa shape index (κ1) is 18.6. The van der Waals surface area contributed by atoms with Crippen LogP contribution in [0.1, 0.15) is 37.0 Å². The third kappa shape index (κ3) is 3.30. The molecule has 0 spiro atoms. The van der Waals surface area contributed by atoms with Crippen molar-refractivity contribution in [3.8, 4) is 23.0 Å². The number of aromatic carboxylic acids is 1. The Morgan fingerprint density at radius 3 is 2.15 bits per heavy atom. The summed E-state index contributed by atoms with van der Waals surface area (Å²) in [6, 6.07) is 7.79. The van der Waals surface area contributed by atoms with Crippen LogP contribution >= 0.6 is 0 Å². The Kier molecular flexibility index (Phi) is 5.26. The summed E-state index contributed by atoms with van der Waals surface area (Å²) in [6.45, 7) is 4.72. The summed E-state index contributed by atoms with van der Waals surface area (Å²) in [6.07, 6.45) is 1.51. The third-order valence-electron chi connectivity index (χ3n) is 4.28. The van der Waals surface area contributed by atoms with Crippen molar-refractivity contribution >= 4 is 27.5 Å². The standard InChI is InChI=1S/C21H22O6/c1-3-8-26-15-7-5-6-13-17(15)20(23)18-14(19(13)22)10-12(21(24)25)11-16(18)27-9-4-2/h5-7,10-11,22-23H,3-4,8-9H2,1-2H3,(H,24,25). The van der Waals surface area contributed by atoms with Crippen molar-refractivity contribution in [2.45, 2.75) is 26.7 Å². The zero-order valence-electron chi connectivity index (χ0n) is 15.3. The normalized spacial score (nSPS) is 11.0. The molecule has 0 fully saturated rings. The van der Waals surface area contributed by atoms with Gasteiger partial charge < -0.3 is 24.8 Å². The van der Waals surface area contributed by atoms with Crippen molar-refractivity contribution in [2.75, 3.05) is 13.2 Å². The Labute approximate surface area is 156 Å². The van der Waals surface area contributed by atoms with Crippen LogP contribution in [0.25, 0.3) is 21.5 Å². The number of phenolic OH excluding ortho intramolecular Hbond substituents is 2. The van der Waals surface area contributed by atoms with Gasteiger partial charge in [-0.2, -0.15) is 0 Å². The molecule has 142 valence electrons. The predicted octanol–water partition coefficient (Wildman–Crippen LogP) is 4.68. The van der Waals surface area contributed by atoms with E-state index < -0.39 is 5.97 Å². The lowest BCUT2D eigenvalue weighted by Gasteiger charge is -2.17. The zero-order chi connectivity index (χ0) is 19.6. The quantitative estimate of drug-likeness (QED) is 0.413. The number of hydrogen-bond donors (Lipinski definition) is 3. The van der Waals surface area contributed by atoms with Gasteiger partial charge in [0, 0.05) is 10.8 Å². The van der Waals surface area contributed by atoms with Gasteiger partial charge in [0.15, 0.2) is 0 Å². The monoisotopic (exact) mass is 370 g/mol. The van der Waals surface area contributed by atoms with E-state index in [1.54, 1.807) is 18.2 Å². The SMILES string of the molecule is CCCOc1cccc2c(O)c3cc(C(=O)O)cc(OCCC)c3c(O)c12. The number of carbonyl (C=O) groups is 1. The van der Waals surface area contributed by atoms with Gasteiger partial charge in [0.05, 0.1) is 29.5 Å². The molecule has 0 aliphatic heterocycles. The van der Waals surface area contributed by atoms with Gasteiger partial charge in [-0.05, 0) is 31.0 Å². The topological polar surface area (TPSA) is 96.2 Å². The smallest absolute Gasteiger partial charge is 0.335 e. The maximum Gasteiger partial charge on any atom is 0.335 e. The summed E-state index contributed by atoms with van der Waals surface area (Å²) >= 11 is 0. The van der Waals surface area contributed by atoms with Crippen molar-refractivity contribution in [3.05, 3.63) is 35.9 Å². The van der Waals surface area contributed by atoms with Gasteiger partial charge >= 0.3 is 5.97 Å². The molecule has 3 aromatic carbocycles. The molecular weight excluding hydrogens is 348 g/mol. The number of phenols is 2. The van der Waals surface area contributed by atoms with Crippen molar-refractivity contribution in [3.63, 3.8) is 0 Å². The number of carboxylic acid groups (broad SMARTS) is 1. The highest BCUT2D eigenvalue weighted by Gasteiger charge is 2.22. The second-order valence-corrected chi connectivity index (χ2v) is 6.27. The Hall–Kier alpha value is -3.15. The third-order valence-corrected chi connectivity index (χ3v) is 4.28. The molecule has 0 aromatic heterocycles. The molecule has 0 aliphatic carbocycles. The Morgan fingerprint density at radius 1 is 0.889 bits per heavy atom. The maximum atomic E-state index is 11.5. The predicted molar refractivity (Wildman–Crippen MR) is 103 cm³/mol. The highest BCUT2D eigenvalue weighted by molar-refractivity contribution is 6.15. The van der Waals surface area contributed by atoms with Crippen LogP contribution in [0, 0.1) is 0 Å². The van der Waals surface area contributed by atoms with Crippen LogP contribution in [0.2, 0.25) is 0 Å². The molecule has 0 bridgehead atoms. The largest absolute Gasteiger partial charge is 0.507 e. The van der Waals surface area contributed by atoms with Crippen molar-refractivity contribution in [1.82, 2.24) is 0 Å². The number of carboxylic acids is 1. The zero-order valence-corrected chi connectivity index (χ0v) is 15.3. The van der Waals surface area contributed by atoms with Gasteiger partial charge in [0.2, 0.25) is 0 Å². The van der Waals surface area contributed by atoms with Crippen LogP contribution < -0.4 is 9.47 Å². The minimum absolute atomic E-state index is 0.0268. The van der Waals surface area contributed by atoms with E-state index in [1.807, 2.05) is 13.8 Å². The van der Waals surface area contributed by atoms with Crippen LogP contribution in [0.15, 0.2) is 30.3 Å². The van der Waals surface area contributed by atoms with Crippen LogP contribution in [0.4, 0.5) is 0 Å². The Balaban J connectivity index is 2.41. The summed E-state index contributed by atoms with van der Waals surface area (Å²) < 4.78 is 11.4. The Bertz CT molecular complexity index is 1010. The summed E-state index contributed by atoms with van der Waals surface area (Å²) in [7, 11) is 0. The number of benzene rings is 3. The molecule has 0 atom stereocenters. The van der Waals surface area contributed by atoms with Crippen LogP contribution in [0.3, 0.4) is 0 Å². The average molecular weight is 370 g/mol. The summed E-state index contributed by atoms with van der Waals surface area (Å²) in [5, 5.41) is 32.5. The molecule has 0 amide bonds. The molecule has 6 heteroatoms. The van der Waals surface area contributed by atoms with E-state index in [4.69, 9.17) is 9.47 Å². The first-order valence-electron chi connectivity index (χ1n) is 8.92. The fourth-order valence-corrected chi connectivity index (χ4v) is 3.07. The van der Waals surface area contributed by atoms with Gasteiger partial charge in [0.1, 0.15) is 23.0 Å². The van der Waals surface area contributed by atoms with Gasteiger partial charge in [0.25, 0.3) is 0 Å². The Morgan fingerprint density at radius 2 is 1.52 bits per heavy atom. The second kappa shape index (κ2) is 7.61. The highest BCUT2D eigenvalue weighted by atomic mass is 16.5. The van der Waals surface area contributed by atoms with E-state index >= 15 is 0 Å². The lowest BCUT2D eigenvalue weighted by molar-refractivity contribution is 0.0696. The molecule has 6 nitrogen and oxygen atoms in total. The molecule has 27 heavy (non-hydrogen) atoms. The second-order valence-electron chi connectivity index (χ2n) is 6.27. The molecule has 3 N–H and O–H groups in total. The van der Waals surface area contributed by atoms with Crippen molar-refractivity contribution in [2.24, 2.45) is 0 Å². The van der Waals surface area contributed by atoms with Gasteiger partial charge in [-0.1, -0.05) is 26.0 Å². The molecule has 0 saturated heterocycles. The molecule has 0 aliphatic rings. The maximum absolute atomic E-state index is 11.5. The van der Waals surface area contributed by atoms with E-state index in [0.717, 1.165) is 6.42 Å². The van der Waals surface area contributed by atoms with Crippen molar-refractivity contribution < 1.29 is 29.6 Å². The van der Waals surface area contributed by atoms with Crippen LogP contribution in [-0.4, -0.2) is 34.5 Å². The molecule has 0 radical (unpaired) electrons. The number of ether oxygens (including phenoxy) is 2. The van der Waals surface area contributed by atoms with E-state index in [0.29, 0.717) is 36.2 Å². The molecule has 0 saturated carbocycles. The van der Waals surface area contributed by atoms with Crippen LogP contribution in [-0.2, 0) is 0 Å². The first-order valence-corrected chi connectivity index (χ1v) is 8.92. The van der Waals surface area contributed by atoms with Gasteiger partial charge in [-0.25, -0.2) is 4.79 Å². The minimum Gasteiger partial charge on any atom is -0.507 e. The van der Waals surface area contributed by atoms with E-state index in [9.17, 15) is 20.1 Å². The van der Waals surface area contributed by atoms with Gasteiger partial charge in [-0.3, -0.25) is 0 Å². The van der Waals surface area contributed by atoms with Gasteiger partial charge in [-0.15, -0.1) is 0 Å². The molecule has 0 unspecified atom stereocenters. The highest BCUT2D eigenvalue weighted by Crippen LogP contribution is 2.48. The van der Waals surface area contributed by atoms with E-state index in [1.165, 1.54) is 12.1 Å². The number of hydrogen-bond acceptors (Lipinski definition) is 5. The van der Waals surface area contributed by atoms with E-state index in [2.05, 4.69) is 0 Å². The summed E-state index contributed by atoms with van der Waals surface area (Å²) in [5.74, 6) is -0.700. The lowest BCUT2D eigenvalue weighted by atomic mass is 9.97. The molecule has 3 aromatic rings. The fourth-order valence-electron chi connectivity index (χ4n) is 3.07. The minimum atomic E-state index is -1.14.